The van der Waals surface area contributed by atoms with Crippen molar-refractivity contribution in [1.29, 1.82) is 0 Å². The van der Waals surface area contributed by atoms with E-state index in [1.165, 1.54) is 6.20 Å². The van der Waals surface area contributed by atoms with Crippen molar-refractivity contribution in [2.45, 2.75) is 37.8 Å². The van der Waals surface area contributed by atoms with Crippen LogP contribution in [0.15, 0.2) is 18.5 Å². The monoisotopic (exact) mass is 289 g/mol. The molecule has 4 nitrogen and oxygen atoms in total. The van der Waals surface area contributed by atoms with Crippen LogP contribution < -0.4 is 11.1 Å². The minimum atomic E-state index is -0.167. The fourth-order valence-corrected chi connectivity index (χ4v) is 2.35. The molecule has 0 saturated heterocycles. The van der Waals surface area contributed by atoms with E-state index >= 15 is 0 Å². The number of halogens is 2. The average Bonchev–Trinajstić information content (AvgIpc) is 2.32. The van der Waals surface area contributed by atoms with E-state index in [0.29, 0.717) is 10.6 Å². The molecule has 1 aromatic rings. The molecule has 1 amide bonds. The van der Waals surface area contributed by atoms with Crippen molar-refractivity contribution in [3.05, 3.63) is 29.0 Å². The summed E-state index contributed by atoms with van der Waals surface area (Å²) in [6.45, 7) is 0. The third-order valence-electron chi connectivity index (χ3n) is 3.15. The van der Waals surface area contributed by atoms with Crippen molar-refractivity contribution in [3.63, 3.8) is 0 Å². The number of carbonyl (C=O) groups is 1. The van der Waals surface area contributed by atoms with Gasteiger partial charge in [0.1, 0.15) is 0 Å². The summed E-state index contributed by atoms with van der Waals surface area (Å²) < 4.78 is 0. The Kier molecular flexibility index (Phi) is 5.85. The van der Waals surface area contributed by atoms with Gasteiger partial charge in [-0.2, -0.15) is 0 Å². The molecule has 2 atom stereocenters. The number of amides is 1. The zero-order valence-corrected chi connectivity index (χ0v) is 11.5. The van der Waals surface area contributed by atoms with Crippen LogP contribution in [0.2, 0.25) is 5.02 Å². The Morgan fingerprint density at radius 1 is 1.44 bits per heavy atom. The minimum absolute atomic E-state index is 0. The number of aromatic nitrogens is 1. The first-order valence-electron chi connectivity index (χ1n) is 5.84. The quantitative estimate of drug-likeness (QED) is 0.877. The Hall–Kier alpha value is -0.840. The fraction of sp³-hybridized carbons (Fsp3) is 0.500. The number of rotatable bonds is 2. The molecule has 2 rings (SSSR count). The number of hydrogen-bond acceptors (Lipinski definition) is 3. The first kappa shape index (κ1) is 15.2. The third-order valence-corrected chi connectivity index (χ3v) is 3.45. The highest BCUT2D eigenvalue weighted by molar-refractivity contribution is 6.33. The molecule has 0 bridgehead atoms. The van der Waals surface area contributed by atoms with Crippen molar-refractivity contribution in [3.8, 4) is 0 Å². The number of pyridine rings is 1. The largest absolute Gasteiger partial charge is 0.348 e. The van der Waals surface area contributed by atoms with Crippen molar-refractivity contribution in [2.75, 3.05) is 0 Å². The summed E-state index contributed by atoms with van der Waals surface area (Å²) in [6.07, 6.45) is 7.19. The zero-order valence-electron chi connectivity index (χ0n) is 9.93. The molecule has 1 aliphatic rings. The van der Waals surface area contributed by atoms with Crippen molar-refractivity contribution < 1.29 is 4.79 Å². The molecule has 1 aliphatic carbocycles. The minimum Gasteiger partial charge on any atom is -0.348 e. The molecule has 6 heteroatoms. The Labute approximate surface area is 118 Å². The second-order valence-electron chi connectivity index (χ2n) is 4.38. The lowest BCUT2D eigenvalue weighted by atomic mass is 9.91. The van der Waals surface area contributed by atoms with E-state index in [-0.39, 0.29) is 30.4 Å². The van der Waals surface area contributed by atoms with E-state index in [1.807, 2.05) is 0 Å². The number of nitrogens with zero attached hydrogens (tertiary/aromatic N) is 1. The van der Waals surface area contributed by atoms with Crippen molar-refractivity contribution in [2.24, 2.45) is 5.73 Å². The number of hydrogen-bond donors (Lipinski definition) is 2. The predicted octanol–water partition coefficient (Wildman–Crippen LogP) is 2.16. The van der Waals surface area contributed by atoms with Gasteiger partial charge in [-0.05, 0) is 18.9 Å². The van der Waals surface area contributed by atoms with Gasteiger partial charge in [-0.1, -0.05) is 24.4 Å². The summed E-state index contributed by atoms with van der Waals surface area (Å²) in [7, 11) is 0. The molecule has 18 heavy (non-hydrogen) atoms. The van der Waals surface area contributed by atoms with Gasteiger partial charge in [-0.3, -0.25) is 9.78 Å². The van der Waals surface area contributed by atoms with E-state index < -0.39 is 0 Å². The second-order valence-corrected chi connectivity index (χ2v) is 4.79. The first-order chi connectivity index (χ1) is 8.18. The normalized spacial score (nSPS) is 23.0. The van der Waals surface area contributed by atoms with Crippen LogP contribution in [0.4, 0.5) is 0 Å². The molecule has 0 spiro atoms. The van der Waals surface area contributed by atoms with Gasteiger partial charge in [0.05, 0.1) is 10.6 Å². The molecule has 100 valence electrons. The fourth-order valence-electron chi connectivity index (χ4n) is 2.14. The second kappa shape index (κ2) is 6.92. The average molecular weight is 290 g/mol. The number of carbonyl (C=O) groups excluding carboxylic acids is 1. The van der Waals surface area contributed by atoms with Crippen LogP contribution >= 0.6 is 24.0 Å². The molecule has 1 fully saturated rings. The summed E-state index contributed by atoms with van der Waals surface area (Å²) in [6, 6.07) is 1.72. The molecule has 1 heterocycles. The summed E-state index contributed by atoms with van der Waals surface area (Å²) in [5, 5.41) is 3.32. The summed E-state index contributed by atoms with van der Waals surface area (Å²) in [4.78, 5) is 15.9. The summed E-state index contributed by atoms with van der Waals surface area (Å²) in [5.74, 6) is -0.167. The van der Waals surface area contributed by atoms with Crippen LogP contribution in [0.3, 0.4) is 0 Å². The summed E-state index contributed by atoms with van der Waals surface area (Å²) in [5.41, 5.74) is 6.44. The Balaban J connectivity index is 0.00000162. The Morgan fingerprint density at radius 3 is 2.83 bits per heavy atom. The van der Waals surface area contributed by atoms with E-state index in [9.17, 15) is 4.79 Å². The zero-order chi connectivity index (χ0) is 12.3. The summed E-state index contributed by atoms with van der Waals surface area (Å²) >= 11 is 5.92. The van der Waals surface area contributed by atoms with Crippen LogP contribution in [0.1, 0.15) is 36.0 Å². The lowest BCUT2D eigenvalue weighted by Gasteiger charge is -2.29. The maximum Gasteiger partial charge on any atom is 0.253 e. The lowest BCUT2D eigenvalue weighted by Crippen LogP contribution is -2.49. The van der Waals surface area contributed by atoms with E-state index in [0.717, 1.165) is 25.7 Å². The van der Waals surface area contributed by atoms with Gasteiger partial charge in [0.15, 0.2) is 0 Å². The highest BCUT2D eigenvalue weighted by Crippen LogP contribution is 2.18. The van der Waals surface area contributed by atoms with E-state index in [2.05, 4.69) is 10.3 Å². The van der Waals surface area contributed by atoms with Crippen LogP contribution in [-0.2, 0) is 0 Å². The maximum absolute atomic E-state index is 12.0. The van der Waals surface area contributed by atoms with Crippen molar-refractivity contribution in [1.82, 2.24) is 10.3 Å². The first-order valence-corrected chi connectivity index (χ1v) is 6.22. The Morgan fingerprint density at radius 2 is 2.17 bits per heavy atom. The van der Waals surface area contributed by atoms with Gasteiger partial charge in [0, 0.05) is 24.5 Å². The van der Waals surface area contributed by atoms with Crippen molar-refractivity contribution >= 4 is 29.9 Å². The standard InChI is InChI=1S/C12H16ClN3O.ClH/c13-9-7-15-6-5-8(9)12(17)16-11-4-2-1-3-10(11)14;/h5-7,10-11H,1-4,14H2,(H,16,17);1H/t10-,11-;/m1./s1. The molecular formula is C12H17Cl2N3O. The predicted molar refractivity (Wildman–Crippen MR) is 74.2 cm³/mol. The molecule has 0 unspecified atom stereocenters. The molecule has 3 N–H and O–H groups in total. The molecule has 1 aromatic heterocycles. The van der Waals surface area contributed by atoms with Crippen LogP contribution in [-0.4, -0.2) is 23.0 Å². The SMILES string of the molecule is Cl.N[C@@H]1CCCC[C@H]1NC(=O)c1ccncc1Cl. The highest BCUT2D eigenvalue weighted by Gasteiger charge is 2.24. The highest BCUT2D eigenvalue weighted by atomic mass is 35.5. The molecule has 0 aliphatic heterocycles. The van der Waals surface area contributed by atoms with Crippen LogP contribution in [0, 0.1) is 0 Å². The molecule has 0 aromatic carbocycles. The van der Waals surface area contributed by atoms with E-state index in [4.69, 9.17) is 17.3 Å². The third kappa shape index (κ3) is 3.57. The van der Waals surface area contributed by atoms with Gasteiger partial charge in [-0.15, -0.1) is 12.4 Å². The molecule has 1 saturated carbocycles. The van der Waals surface area contributed by atoms with Gasteiger partial charge in [0.25, 0.3) is 5.91 Å². The number of nitrogens with one attached hydrogen (secondary N) is 1. The van der Waals surface area contributed by atoms with Crippen LogP contribution in [0.25, 0.3) is 0 Å². The maximum atomic E-state index is 12.0. The van der Waals surface area contributed by atoms with Gasteiger partial charge in [0.2, 0.25) is 0 Å². The number of nitrogens with two attached hydrogens (primary N) is 1. The molecular weight excluding hydrogens is 273 g/mol. The van der Waals surface area contributed by atoms with Gasteiger partial charge < -0.3 is 11.1 Å². The van der Waals surface area contributed by atoms with Gasteiger partial charge in [-0.25, -0.2) is 0 Å². The topological polar surface area (TPSA) is 68.0 Å². The smallest absolute Gasteiger partial charge is 0.253 e. The van der Waals surface area contributed by atoms with Crippen LogP contribution in [0.5, 0.6) is 0 Å². The lowest BCUT2D eigenvalue weighted by molar-refractivity contribution is 0.0921. The van der Waals surface area contributed by atoms with Gasteiger partial charge >= 0.3 is 0 Å². The van der Waals surface area contributed by atoms with E-state index in [1.54, 1.807) is 12.3 Å². The Bertz CT molecular complexity index is 414. The molecule has 0 radical (unpaired) electrons.